The molecule has 0 saturated carbocycles. The number of nitrogens with one attached hydrogen (secondary N) is 1. The molecule has 0 spiro atoms. The first-order valence-corrected chi connectivity index (χ1v) is 8.95. The van der Waals surface area contributed by atoms with Crippen molar-refractivity contribution in [2.24, 2.45) is 0 Å². The third kappa shape index (κ3) is 2.46. The van der Waals surface area contributed by atoms with Crippen molar-refractivity contribution in [1.29, 1.82) is 0 Å². The molecule has 2 aliphatic heterocycles. The van der Waals surface area contributed by atoms with Gasteiger partial charge in [-0.1, -0.05) is 0 Å². The molecule has 23 heavy (non-hydrogen) atoms. The number of amides is 2. The van der Waals surface area contributed by atoms with Gasteiger partial charge in [-0.05, 0) is 38.1 Å². The molecule has 1 aromatic carbocycles. The van der Waals surface area contributed by atoms with E-state index in [2.05, 4.69) is 5.32 Å². The number of hydrogen-bond donors (Lipinski definition) is 1. The molecule has 1 aromatic rings. The van der Waals surface area contributed by atoms with Crippen LogP contribution >= 0.6 is 0 Å². The zero-order valence-electron chi connectivity index (χ0n) is 13.1. The topological polar surface area (TPSA) is 86.8 Å². The van der Waals surface area contributed by atoms with Gasteiger partial charge in [-0.15, -0.1) is 0 Å². The summed E-state index contributed by atoms with van der Waals surface area (Å²) < 4.78 is 27.2. The van der Waals surface area contributed by atoms with Crippen molar-refractivity contribution in [3.05, 3.63) is 29.3 Å². The van der Waals surface area contributed by atoms with Crippen LogP contribution in [0, 0.1) is 0 Å². The molecule has 2 amide bonds. The summed E-state index contributed by atoms with van der Waals surface area (Å²) in [5, 5.41) is 3.01. The van der Waals surface area contributed by atoms with E-state index < -0.39 is 21.8 Å². The predicted molar refractivity (Wildman–Crippen MR) is 83.7 cm³/mol. The van der Waals surface area contributed by atoms with Crippen molar-refractivity contribution in [2.75, 3.05) is 27.2 Å². The molecule has 2 aliphatic rings. The average Bonchev–Trinajstić information content (AvgIpc) is 3.08. The molecule has 2 heterocycles. The van der Waals surface area contributed by atoms with Crippen LogP contribution in [0.1, 0.15) is 33.6 Å². The molecule has 1 unspecified atom stereocenters. The molecular weight excluding hydrogens is 318 g/mol. The number of fused-ring (bicyclic) bond motifs is 1. The lowest BCUT2D eigenvalue weighted by molar-refractivity contribution is 0.0693. The zero-order valence-corrected chi connectivity index (χ0v) is 13.9. The van der Waals surface area contributed by atoms with Crippen LogP contribution in [-0.2, 0) is 10.0 Å². The van der Waals surface area contributed by atoms with Crippen LogP contribution < -0.4 is 5.32 Å². The quantitative estimate of drug-likeness (QED) is 0.798. The Labute approximate surface area is 135 Å². The number of likely N-dealkylation sites (N-methyl/N-ethyl adjacent to an activating group) is 1. The smallest absolute Gasteiger partial charge is 0.261 e. The van der Waals surface area contributed by atoms with E-state index in [1.54, 1.807) is 7.05 Å². The number of carbonyl (C=O) groups excluding carboxylic acids is 2. The zero-order chi connectivity index (χ0) is 16.8. The molecular formula is C15H19N3O4S. The summed E-state index contributed by atoms with van der Waals surface area (Å²) in [6.07, 6.45) is 1.63. The standard InChI is InChI=1S/C15H19N3O4S/c1-16-9-10-4-3-7-18(10)23(21,22)11-5-6-12-13(8-11)15(20)17(2)14(12)19/h5-6,8,10,16H,3-4,7,9H2,1-2H3. The molecule has 8 heteroatoms. The van der Waals surface area contributed by atoms with Gasteiger partial charge in [0, 0.05) is 26.2 Å². The van der Waals surface area contributed by atoms with Crippen molar-refractivity contribution in [3.8, 4) is 0 Å². The van der Waals surface area contributed by atoms with Gasteiger partial charge in [0.2, 0.25) is 10.0 Å². The van der Waals surface area contributed by atoms with E-state index in [-0.39, 0.29) is 22.1 Å². The molecule has 1 atom stereocenters. The molecule has 3 rings (SSSR count). The minimum atomic E-state index is -3.68. The van der Waals surface area contributed by atoms with Crippen molar-refractivity contribution in [1.82, 2.24) is 14.5 Å². The third-order valence-corrected chi connectivity index (χ3v) is 6.38. The maximum atomic E-state index is 12.9. The fourth-order valence-corrected chi connectivity index (χ4v) is 4.92. The van der Waals surface area contributed by atoms with Gasteiger partial charge in [0.25, 0.3) is 11.8 Å². The molecule has 0 aliphatic carbocycles. The Morgan fingerprint density at radius 1 is 1.22 bits per heavy atom. The van der Waals surface area contributed by atoms with Crippen LogP contribution in [0.5, 0.6) is 0 Å². The average molecular weight is 337 g/mol. The Balaban J connectivity index is 1.99. The first-order chi connectivity index (χ1) is 10.9. The highest BCUT2D eigenvalue weighted by Gasteiger charge is 2.38. The molecule has 0 bridgehead atoms. The molecule has 124 valence electrons. The third-order valence-electron chi connectivity index (χ3n) is 4.43. The lowest BCUT2D eigenvalue weighted by Crippen LogP contribution is -2.40. The highest BCUT2D eigenvalue weighted by atomic mass is 32.2. The lowest BCUT2D eigenvalue weighted by atomic mass is 10.1. The van der Waals surface area contributed by atoms with Gasteiger partial charge in [0.15, 0.2) is 0 Å². The Bertz CT molecular complexity index is 775. The van der Waals surface area contributed by atoms with E-state index in [0.717, 1.165) is 17.7 Å². The summed E-state index contributed by atoms with van der Waals surface area (Å²) in [4.78, 5) is 25.0. The first-order valence-electron chi connectivity index (χ1n) is 7.51. The number of nitrogens with zero attached hydrogens (tertiary/aromatic N) is 2. The van der Waals surface area contributed by atoms with Crippen LogP contribution in [-0.4, -0.2) is 62.7 Å². The Hall–Kier alpha value is -1.77. The lowest BCUT2D eigenvalue weighted by Gasteiger charge is -2.24. The van der Waals surface area contributed by atoms with Crippen molar-refractivity contribution in [2.45, 2.75) is 23.8 Å². The van der Waals surface area contributed by atoms with Gasteiger partial charge in [0.1, 0.15) is 0 Å². The van der Waals surface area contributed by atoms with Gasteiger partial charge in [-0.25, -0.2) is 8.42 Å². The van der Waals surface area contributed by atoms with Gasteiger partial charge in [0.05, 0.1) is 16.0 Å². The highest BCUT2D eigenvalue weighted by Crippen LogP contribution is 2.29. The summed E-state index contributed by atoms with van der Waals surface area (Å²) in [6, 6.07) is 4.07. The highest BCUT2D eigenvalue weighted by molar-refractivity contribution is 7.89. The summed E-state index contributed by atoms with van der Waals surface area (Å²) >= 11 is 0. The van der Waals surface area contributed by atoms with Crippen LogP contribution in [0.4, 0.5) is 0 Å². The van der Waals surface area contributed by atoms with Crippen molar-refractivity contribution < 1.29 is 18.0 Å². The Kier molecular flexibility index (Phi) is 3.99. The monoisotopic (exact) mass is 337 g/mol. The van der Waals surface area contributed by atoms with Gasteiger partial charge in [-0.3, -0.25) is 14.5 Å². The SMILES string of the molecule is CNCC1CCCN1S(=O)(=O)c1ccc2c(c1)C(=O)N(C)C2=O. The summed E-state index contributed by atoms with van der Waals surface area (Å²) in [6.45, 7) is 1.06. The van der Waals surface area contributed by atoms with E-state index in [9.17, 15) is 18.0 Å². The van der Waals surface area contributed by atoms with Crippen molar-refractivity contribution >= 4 is 21.8 Å². The summed E-state index contributed by atoms with van der Waals surface area (Å²) in [7, 11) is -0.497. The van der Waals surface area contributed by atoms with E-state index in [0.29, 0.717) is 13.1 Å². The minimum absolute atomic E-state index is 0.0655. The summed E-state index contributed by atoms with van der Waals surface area (Å²) in [5.41, 5.74) is 0.410. The van der Waals surface area contributed by atoms with Gasteiger partial charge >= 0.3 is 0 Å². The minimum Gasteiger partial charge on any atom is -0.318 e. The fraction of sp³-hybridized carbons (Fsp3) is 0.467. The second kappa shape index (κ2) is 5.70. The van der Waals surface area contributed by atoms with Crippen molar-refractivity contribution in [3.63, 3.8) is 0 Å². The van der Waals surface area contributed by atoms with Crippen LogP contribution in [0.2, 0.25) is 0 Å². The Morgan fingerprint density at radius 2 is 1.91 bits per heavy atom. The van der Waals surface area contributed by atoms with E-state index in [1.165, 1.54) is 29.6 Å². The molecule has 1 N–H and O–H groups in total. The number of carbonyl (C=O) groups is 2. The number of benzene rings is 1. The molecule has 0 aromatic heterocycles. The Morgan fingerprint density at radius 3 is 2.61 bits per heavy atom. The maximum Gasteiger partial charge on any atom is 0.261 e. The number of rotatable bonds is 4. The molecule has 1 fully saturated rings. The summed E-state index contributed by atoms with van der Waals surface area (Å²) in [5.74, 6) is -0.863. The van der Waals surface area contributed by atoms with E-state index >= 15 is 0 Å². The van der Waals surface area contributed by atoms with Crippen LogP contribution in [0.15, 0.2) is 23.1 Å². The molecule has 7 nitrogen and oxygen atoms in total. The second-order valence-corrected chi connectivity index (χ2v) is 7.74. The maximum absolute atomic E-state index is 12.9. The van der Waals surface area contributed by atoms with E-state index in [1.807, 2.05) is 0 Å². The number of sulfonamides is 1. The van der Waals surface area contributed by atoms with Crippen LogP contribution in [0.3, 0.4) is 0 Å². The normalized spacial score (nSPS) is 22.0. The second-order valence-electron chi connectivity index (χ2n) is 5.85. The van der Waals surface area contributed by atoms with Gasteiger partial charge in [-0.2, -0.15) is 4.31 Å². The fourth-order valence-electron chi connectivity index (χ4n) is 3.20. The largest absolute Gasteiger partial charge is 0.318 e. The number of hydrogen-bond acceptors (Lipinski definition) is 5. The van der Waals surface area contributed by atoms with Gasteiger partial charge < -0.3 is 5.32 Å². The first kappa shape index (κ1) is 16.1. The molecule has 1 saturated heterocycles. The number of imide groups is 1. The van der Waals surface area contributed by atoms with E-state index in [4.69, 9.17) is 0 Å². The van der Waals surface area contributed by atoms with Crippen LogP contribution in [0.25, 0.3) is 0 Å². The predicted octanol–water partition coefficient (Wildman–Crippen LogP) is 0.285. The molecule has 0 radical (unpaired) electrons.